The van der Waals surface area contributed by atoms with Gasteiger partial charge in [0.2, 0.25) is 0 Å². The second-order valence-electron chi connectivity index (χ2n) is 3.47. The van der Waals surface area contributed by atoms with Crippen molar-refractivity contribution in [2.45, 2.75) is 18.3 Å². The van der Waals surface area contributed by atoms with Crippen molar-refractivity contribution in [3.63, 3.8) is 0 Å². The Balaban J connectivity index is -0.00000144. The van der Waals surface area contributed by atoms with Crippen LogP contribution in [0.15, 0.2) is 0 Å². The van der Waals surface area contributed by atoms with Gasteiger partial charge in [-0.1, -0.05) is 0 Å². The molecule has 0 saturated heterocycles. The average Bonchev–Trinajstić information content (AvgIpc) is 2.11. The van der Waals surface area contributed by atoms with E-state index in [0.717, 1.165) is 0 Å². The van der Waals surface area contributed by atoms with Gasteiger partial charge >= 0.3 is 77.0 Å². The number of aliphatic hydroxyl groups is 1. The maximum Gasteiger partial charge on any atom is 1.00 e. The molecule has 0 rings (SSSR count). The molecule has 104 valence electrons. The van der Waals surface area contributed by atoms with Gasteiger partial charge in [-0.25, -0.2) is 0 Å². The molecule has 20 heavy (non-hydrogen) atoms. The van der Waals surface area contributed by atoms with Gasteiger partial charge in [0.15, 0.2) is 5.44 Å². The van der Waals surface area contributed by atoms with Crippen molar-refractivity contribution in [2.24, 2.45) is 5.41 Å². The third-order valence-corrected chi connectivity index (χ3v) is 3.13. The summed E-state index contributed by atoms with van der Waals surface area (Å²) in [4.78, 5) is 31.9. The fourth-order valence-electron chi connectivity index (χ4n) is 1.32. The summed E-state index contributed by atoms with van der Waals surface area (Å²) in [5.41, 5.74) is -6.15. The minimum absolute atomic E-state index is 0. The monoisotopic (exact) mass is 332 g/mol. The van der Waals surface area contributed by atoms with Crippen LogP contribution in [0.25, 0.3) is 0 Å². The molecule has 0 heterocycles. The Kier molecular flexibility index (Phi) is 11.8. The topological polar surface area (TPSA) is 186 Å². The van der Waals surface area contributed by atoms with E-state index in [0.29, 0.717) is 0 Å². The molecule has 0 aliphatic rings. The normalized spacial score (nSPS) is 12.5. The number of hydrogen-bond donors (Lipinski definition) is 5. The zero-order valence-corrected chi connectivity index (χ0v) is 15.5. The minimum atomic E-state index is -5.35. The molecule has 0 amide bonds. The molecule has 10 nitrogen and oxygen atoms in total. The van der Waals surface area contributed by atoms with Crippen LogP contribution in [-0.2, 0) is 24.5 Å². The molecule has 0 aromatic heterocycles. The standard InChI is InChI=1S/C7H10O10S.2Na/c8-3(9)1-7(5(12)13,2-4(10)11)6(14)18(15,16)17;;/h6,14H,1-2H2,(H,8,9)(H,10,11)(H,12,13)(H,15,16,17);;/q;2*+1. The summed E-state index contributed by atoms with van der Waals surface area (Å²) in [6, 6.07) is 0. The van der Waals surface area contributed by atoms with Gasteiger partial charge in [-0.3, -0.25) is 18.9 Å². The first-order valence-corrected chi connectivity index (χ1v) is 5.75. The van der Waals surface area contributed by atoms with Gasteiger partial charge in [-0.05, 0) is 0 Å². The van der Waals surface area contributed by atoms with Crippen LogP contribution in [0.3, 0.4) is 0 Å². The van der Waals surface area contributed by atoms with E-state index in [4.69, 9.17) is 19.9 Å². The van der Waals surface area contributed by atoms with Crippen LogP contribution in [0.2, 0.25) is 0 Å². The molecule has 0 saturated carbocycles. The van der Waals surface area contributed by atoms with Gasteiger partial charge < -0.3 is 20.4 Å². The van der Waals surface area contributed by atoms with Crippen LogP contribution >= 0.6 is 0 Å². The fraction of sp³-hybridized carbons (Fsp3) is 0.571. The molecule has 0 aliphatic carbocycles. The summed E-state index contributed by atoms with van der Waals surface area (Å²) < 4.78 is 30.0. The van der Waals surface area contributed by atoms with Gasteiger partial charge in [0.1, 0.15) is 5.41 Å². The van der Waals surface area contributed by atoms with Gasteiger partial charge in [-0.2, -0.15) is 8.42 Å². The molecular formula is C7H10Na2O10S+2. The molecule has 5 N–H and O–H groups in total. The molecule has 0 spiro atoms. The molecule has 0 aromatic rings. The molecule has 1 atom stereocenters. The van der Waals surface area contributed by atoms with E-state index in [2.05, 4.69) is 0 Å². The van der Waals surface area contributed by atoms with E-state index >= 15 is 0 Å². The fourth-order valence-corrected chi connectivity index (χ4v) is 2.16. The second kappa shape index (κ2) is 9.33. The molecule has 0 bridgehead atoms. The SMILES string of the molecule is O=C(O)CC(CC(=O)O)(C(=O)O)C(O)S(=O)(=O)O.[Na+].[Na+]. The summed E-state index contributed by atoms with van der Waals surface area (Å²) in [6.07, 6.45) is -2.98. The average molecular weight is 332 g/mol. The Morgan fingerprint density at radius 3 is 1.40 bits per heavy atom. The smallest absolute Gasteiger partial charge is 0.481 e. The molecule has 13 heteroatoms. The van der Waals surface area contributed by atoms with Crippen LogP contribution in [0.1, 0.15) is 12.8 Å². The Labute approximate surface area is 157 Å². The maximum atomic E-state index is 10.9. The number of aliphatic carboxylic acids is 3. The largest absolute Gasteiger partial charge is 1.00 e. The predicted molar refractivity (Wildman–Crippen MR) is 52.1 cm³/mol. The molecule has 0 aliphatic heterocycles. The summed E-state index contributed by atoms with van der Waals surface area (Å²) in [5.74, 6) is -5.86. The van der Waals surface area contributed by atoms with E-state index in [-0.39, 0.29) is 59.1 Å². The summed E-state index contributed by atoms with van der Waals surface area (Å²) >= 11 is 0. The first-order valence-electron chi connectivity index (χ1n) is 4.25. The zero-order chi connectivity index (χ0) is 14.7. The van der Waals surface area contributed by atoms with Crippen LogP contribution in [0, 0.1) is 5.41 Å². The van der Waals surface area contributed by atoms with Crippen molar-refractivity contribution < 1.29 is 107 Å². The first-order chi connectivity index (χ1) is 7.93. The van der Waals surface area contributed by atoms with E-state index in [1.54, 1.807) is 0 Å². The van der Waals surface area contributed by atoms with Crippen molar-refractivity contribution in [3.05, 3.63) is 0 Å². The quantitative estimate of drug-likeness (QED) is 0.221. The third kappa shape index (κ3) is 6.83. The van der Waals surface area contributed by atoms with Gasteiger partial charge in [0.05, 0.1) is 12.8 Å². The number of aliphatic hydroxyl groups excluding tert-OH is 1. The third-order valence-electron chi connectivity index (χ3n) is 2.11. The minimum Gasteiger partial charge on any atom is -0.481 e. The van der Waals surface area contributed by atoms with Gasteiger partial charge in [-0.15, -0.1) is 0 Å². The number of hydrogen-bond acceptors (Lipinski definition) is 6. The summed E-state index contributed by atoms with van der Waals surface area (Å²) in [5, 5.41) is 35.0. The maximum absolute atomic E-state index is 10.9. The Morgan fingerprint density at radius 1 is 0.950 bits per heavy atom. The number of carboxylic acid groups (broad SMARTS) is 3. The molecular weight excluding hydrogens is 322 g/mol. The Hall–Kier alpha value is 0.280. The van der Waals surface area contributed by atoms with Gasteiger partial charge in [0, 0.05) is 0 Å². The van der Waals surface area contributed by atoms with Crippen LogP contribution in [0.4, 0.5) is 0 Å². The Morgan fingerprint density at radius 2 is 1.25 bits per heavy atom. The molecule has 0 fully saturated rings. The Bertz CT molecular complexity index is 456. The molecule has 1 unspecified atom stereocenters. The van der Waals surface area contributed by atoms with Crippen LogP contribution in [0.5, 0.6) is 0 Å². The van der Waals surface area contributed by atoms with Crippen molar-refractivity contribution in [1.29, 1.82) is 0 Å². The van der Waals surface area contributed by atoms with E-state index in [1.807, 2.05) is 0 Å². The van der Waals surface area contributed by atoms with Crippen LogP contribution in [-0.4, -0.2) is 56.7 Å². The number of carbonyl (C=O) groups is 3. The van der Waals surface area contributed by atoms with E-state index < -0.39 is 51.7 Å². The van der Waals surface area contributed by atoms with Crippen LogP contribution < -0.4 is 59.1 Å². The van der Waals surface area contributed by atoms with Crippen molar-refractivity contribution in [1.82, 2.24) is 0 Å². The van der Waals surface area contributed by atoms with E-state index in [1.165, 1.54) is 0 Å². The molecule has 0 radical (unpaired) electrons. The van der Waals surface area contributed by atoms with E-state index in [9.17, 15) is 27.9 Å². The zero-order valence-electron chi connectivity index (χ0n) is 10.7. The van der Waals surface area contributed by atoms with Gasteiger partial charge in [0.25, 0.3) is 10.1 Å². The van der Waals surface area contributed by atoms with Crippen molar-refractivity contribution >= 4 is 28.0 Å². The summed E-state index contributed by atoms with van der Waals surface area (Å²) in [7, 11) is -5.35. The summed E-state index contributed by atoms with van der Waals surface area (Å²) in [6.45, 7) is 0. The first kappa shape index (κ1) is 25.2. The van der Waals surface area contributed by atoms with Crippen molar-refractivity contribution in [2.75, 3.05) is 0 Å². The number of carboxylic acids is 3. The second-order valence-corrected chi connectivity index (χ2v) is 4.95. The number of rotatable bonds is 7. The van der Waals surface area contributed by atoms with Crippen molar-refractivity contribution in [3.8, 4) is 0 Å². The molecule has 0 aromatic carbocycles. The predicted octanol–water partition coefficient (Wildman–Crippen LogP) is -7.78.